The highest BCUT2D eigenvalue weighted by Gasteiger charge is 2.19. The van der Waals surface area contributed by atoms with Gasteiger partial charge in [0.15, 0.2) is 11.6 Å². The van der Waals surface area contributed by atoms with Crippen molar-refractivity contribution in [2.45, 2.75) is 19.3 Å². The molecular formula is C14H11BrN2O. The number of hydrogen-bond donors (Lipinski definition) is 0. The molecule has 0 radical (unpaired) electrons. The lowest BCUT2D eigenvalue weighted by Crippen LogP contribution is -2.13. The minimum absolute atomic E-state index is 0.165. The molecule has 0 N–H and O–H groups in total. The summed E-state index contributed by atoms with van der Waals surface area (Å²) in [6.45, 7) is 0. The molecular weight excluding hydrogens is 292 g/mol. The van der Waals surface area contributed by atoms with Crippen LogP contribution in [0.25, 0.3) is 11.4 Å². The molecule has 0 fully saturated rings. The van der Waals surface area contributed by atoms with Gasteiger partial charge in [-0.05, 0) is 25.0 Å². The second-order valence-electron chi connectivity index (χ2n) is 4.34. The molecule has 0 spiro atoms. The number of rotatable bonds is 1. The normalized spacial score (nSPS) is 14.4. The van der Waals surface area contributed by atoms with E-state index < -0.39 is 0 Å². The Hall–Kier alpha value is -1.55. The molecule has 0 saturated heterocycles. The molecule has 3 nitrogen and oxygen atoms in total. The van der Waals surface area contributed by atoms with Crippen molar-refractivity contribution in [2.75, 3.05) is 0 Å². The Morgan fingerprint density at radius 1 is 1.11 bits per heavy atom. The molecule has 1 aliphatic carbocycles. The minimum Gasteiger partial charge on any atom is -0.294 e. The highest BCUT2D eigenvalue weighted by atomic mass is 79.9. The van der Waals surface area contributed by atoms with E-state index in [1.165, 1.54) is 0 Å². The Morgan fingerprint density at radius 2 is 1.89 bits per heavy atom. The zero-order valence-electron chi connectivity index (χ0n) is 9.69. The molecule has 3 rings (SSSR count). The van der Waals surface area contributed by atoms with Crippen LogP contribution >= 0.6 is 15.9 Å². The molecule has 1 heterocycles. The first-order chi connectivity index (χ1) is 8.74. The Morgan fingerprint density at radius 3 is 2.67 bits per heavy atom. The number of nitrogens with zero attached hydrogens (tertiary/aromatic N) is 2. The Kier molecular flexibility index (Phi) is 2.96. The van der Waals surface area contributed by atoms with E-state index in [1.54, 1.807) is 6.20 Å². The monoisotopic (exact) mass is 302 g/mol. The average Bonchev–Trinajstić information content (AvgIpc) is 2.39. The van der Waals surface area contributed by atoms with Crippen LogP contribution in [-0.2, 0) is 6.42 Å². The predicted molar refractivity (Wildman–Crippen MR) is 72.4 cm³/mol. The zero-order chi connectivity index (χ0) is 12.5. The van der Waals surface area contributed by atoms with Crippen LogP contribution < -0.4 is 0 Å². The van der Waals surface area contributed by atoms with E-state index in [-0.39, 0.29) is 5.78 Å². The maximum absolute atomic E-state index is 11.7. The number of ketones is 1. The number of Topliss-reactive ketones (excluding diaryl/α,β-unsaturated/α-hetero) is 1. The molecule has 0 atom stereocenters. The van der Waals surface area contributed by atoms with Crippen molar-refractivity contribution >= 4 is 21.7 Å². The molecule has 0 amide bonds. The van der Waals surface area contributed by atoms with Crippen LogP contribution in [0.2, 0.25) is 0 Å². The van der Waals surface area contributed by atoms with Gasteiger partial charge in [0, 0.05) is 22.7 Å². The maximum Gasteiger partial charge on any atom is 0.166 e. The van der Waals surface area contributed by atoms with Gasteiger partial charge in [-0.3, -0.25) is 4.79 Å². The summed E-state index contributed by atoms with van der Waals surface area (Å²) in [5, 5.41) is 0. The smallest absolute Gasteiger partial charge is 0.166 e. The third-order valence-corrected chi connectivity index (χ3v) is 3.62. The number of carbonyl (C=O) groups excluding carboxylic acids is 1. The number of halogens is 1. The first kappa shape index (κ1) is 11.5. The van der Waals surface area contributed by atoms with Crippen molar-refractivity contribution in [3.05, 3.63) is 46.2 Å². The van der Waals surface area contributed by atoms with Crippen molar-refractivity contribution < 1.29 is 4.79 Å². The van der Waals surface area contributed by atoms with E-state index in [0.29, 0.717) is 17.8 Å². The fourth-order valence-electron chi connectivity index (χ4n) is 2.13. The first-order valence-corrected chi connectivity index (χ1v) is 6.68. The van der Waals surface area contributed by atoms with Crippen LogP contribution in [-0.4, -0.2) is 15.8 Å². The van der Waals surface area contributed by atoms with Gasteiger partial charge < -0.3 is 0 Å². The van der Waals surface area contributed by atoms with Gasteiger partial charge in [0.05, 0.1) is 11.3 Å². The number of benzene rings is 1. The number of aromatic nitrogens is 2. The number of fused-ring (bicyclic) bond motifs is 1. The summed E-state index contributed by atoms with van der Waals surface area (Å²) in [5.41, 5.74) is 2.56. The van der Waals surface area contributed by atoms with Crippen LogP contribution in [0.3, 0.4) is 0 Å². The predicted octanol–water partition coefficient (Wildman–Crippen LogP) is 3.43. The number of hydrogen-bond acceptors (Lipinski definition) is 3. The first-order valence-electron chi connectivity index (χ1n) is 5.89. The van der Waals surface area contributed by atoms with Crippen molar-refractivity contribution in [1.29, 1.82) is 0 Å². The van der Waals surface area contributed by atoms with Crippen LogP contribution in [0, 0.1) is 0 Å². The van der Waals surface area contributed by atoms with Crippen LogP contribution in [0.4, 0.5) is 0 Å². The molecule has 0 saturated carbocycles. The van der Waals surface area contributed by atoms with Gasteiger partial charge in [0.1, 0.15) is 0 Å². The topological polar surface area (TPSA) is 42.9 Å². The quantitative estimate of drug-likeness (QED) is 0.810. The van der Waals surface area contributed by atoms with Gasteiger partial charge in [0.25, 0.3) is 0 Å². The summed E-state index contributed by atoms with van der Waals surface area (Å²) in [7, 11) is 0. The fourth-order valence-corrected chi connectivity index (χ4v) is 2.39. The summed E-state index contributed by atoms with van der Waals surface area (Å²) >= 11 is 3.40. The highest BCUT2D eigenvalue weighted by molar-refractivity contribution is 9.10. The van der Waals surface area contributed by atoms with Crippen LogP contribution in [0.5, 0.6) is 0 Å². The lowest BCUT2D eigenvalue weighted by Gasteiger charge is -2.13. The van der Waals surface area contributed by atoms with Crippen LogP contribution in [0.15, 0.2) is 34.9 Å². The van der Waals surface area contributed by atoms with E-state index in [1.807, 2.05) is 24.3 Å². The third kappa shape index (κ3) is 2.08. The molecule has 1 aliphatic rings. The largest absolute Gasteiger partial charge is 0.294 e. The Bertz CT molecular complexity index is 608. The summed E-state index contributed by atoms with van der Waals surface area (Å²) in [4.78, 5) is 20.5. The van der Waals surface area contributed by atoms with Crippen LogP contribution in [0.1, 0.15) is 28.9 Å². The van der Waals surface area contributed by atoms with Crippen molar-refractivity contribution in [2.24, 2.45) is 0 Å². The molecule has 1 aromatic carbocycles. The van der Waals surface area contributed by atoms with Crippen molar-refractivity contribution in [3.63, 3.8) is 0 Å². The molecule has 0 bridgehead atoms. The van der Waals surface area contributed by atoms with Gasteiger partial charge in [-0.1, -0.05) is 28.1 Å². The molecule has 18 heavy (non-hydrogen) atoms. The van der Waals surface area contributed by atoms with Gasteiger partial charge in [-0.2, -0.15) is 0 Å². The zero-order valence-corrected chi connectivity index (χ0v) is 11.3. The van der Waals surface area contributed by atoms with E-state index in [0.717, 1.165) is 28.6 Å². The standard InChI is InChI=1S/C14H11BrN2O/c15-10-6-4-9(5-7-10)14-16-8-11-12(17-14)2-1-3-13(11)18/h4-8H,1-3H2. The maximum atomic E-state index is 11.7. The Balaban J connectivity index is 2.04. The summed E-state index contributed by atoms with van der Waals surface area (Å²) in [5.74, 6) is 0.856. The Labute approximate surface area is 113 Å². The van der Waals surface area contributed by atoms with Gasteiger partial charge >= 0.3 is 0 Å². The van der Waals surface area contributed by atoms with E-state index in [2.05, 4.69) is 25.9 Å². The molecule has 4 heteroatoms. The second kappa shape index (κ2) is 4.61. The summed E-state index contributed by atoms with van der Waals surface area (Å²) < 4.78 is 1.03. The molecule has 90 valence electrons. The highest BCUT2D eigenvalue weighted by Crippen LogP contribution is 2.23. The number of aryl methyl sites for hydroxylation is 1. The van der Waals surface area contributed by atoms with E-state index in [4.69, 9.17) is 0 Å². The average molecular weight is 303 g/mol. The van der Waals surface area contributed by atoms with Gasteiger partial charge in [0.2, 0.25) is 0 Å². The lowest BCUT2D eigenvalue weighted by atomic mass is 9.96. The fraction of sp³-hybridized carbons (Fsp3) is 0.214. The van der Waals surface area contributed by atoms with Crippen molar-refractivity contribution in [1.82, 2.24) is 9.97 Å². The summed E-state index contributed by atoms with van der Waals surface area (Å²) in [6.07, 6.45) is 4.05. The van der Waals surface area contributed by atoms with E-state index in [9.17, 15) is 4.79 Å². The number of carbonyl (C=O) groups is 1. The minimum atomic E-state index is 0.165. The van der Waals surface area contributed by atoms with Gasteiger partial charge in [-0.15, -0.1) is 0 Å². The second-order valence-corrected chi connectivity index (χ2v) is 5.25. The SMILES string of the molecule is O=C1CCCc2nc(-c3ccc(Br)cc3)ncc21. The lowest BCUT2D eigenvalue weighted by molar-refractivity contribution is 0.0971. The third-order valence-electron chi connectivity index (χ3n) is 3.09. The van der Waals surface area contributed by atoms with Gasteiger partial charge in [-0.25, -0.2) is 9.97 Å². The van der Waals surface area contributed by atoms with Crippen molar-refractivity contribution in [3.8, 4) is 11.4 Å². The van der Waals surface area contributed by atoms with E-state index >= 15 is 0 Å². The molecule has 1 aromatic heterocycles. The molecule has 2 aromatic rings. The molecule has 0 unspecified atom stereocenters. The molecule has 0 aliphatic heterocycles. The summed E-state index contributed by atoms with van der Waals surface area (Å²) in [6, 6.07) is 7.86.